The number of nitrogens with one attached hydrogen (secondary N) is 1. The summed E-state index contributed by atoms with van der Waals surface area (Å²) in [5, 5.41) is 3.55. The van der Waals surface area contributed by atoms with Crippen LogP contribution in [0.4, 0.5) is 10.5 Å². The molecule has 4 amide bonds. The molecule has 0 saturated carbocycles. The number of anilines is 1. The fraction of sp³-hybridized carbons (Fsp3) is 0.115. The van der Waals surface area contributed by atoms with E-state index in [4.69, 9.17) is 44.3 Å². The molecule has 0 unspecified atom stereocenters. The Morgan fingerprint density at radius 3 is 2.41 bits per heavy atom. The highest BCUT2D eigenvalue weighted by Gasteiger charge is 2.37. The van der Waals surface area contributed by atoms with Crippen LogP contribution in [-0.2, 0) is 16.2 Å². The third-order valence-corrected chi connectivity index (χ3v) is 7.09. The number of nitrogens with zero attached hydrogens (tertiary/aromatic N) is 1. The first-order valence-corrected chi connectivity index (χ1v) is 12.9. The van der Waals surface area contributed by atoms with Gasteiger partial charge in [-0.25, -0.2) is 9.69 Å². The number of halogens is 4. The van der Waals surface area contributed by atoms with Crippen LogP contribution in [-0.4, -0.2) is 25.0 Å². The molecule has 1 saturated heterocycles. The Morgan fingerprint density at radius 1 is 1.00 bits per heavy atom. The molecular weight excluding hydrogens is 654 g/mol. The summed E-state index contributed by atoms with van der Waals surface area (Å²) in [4.78, 5) is 39.4. The summed E-state index contributed by atoms with van der Waals surface area (Å²) < 4.78 is 12.1. The van der Waals surface area contributed by atoms with Gasteiger partial charge in [-0.2, -0.15) is 0 Å². The summed E-state index contributed by atoms with van der Waals surface area (Å²) in [5.74, 6) is -0.739. The Kier molecular flexibility index (Phi) is 8.33. The Balaban J connectivity index is 1.66. The second-order valence-electron chi connectivity index (χ2n) is 7.95. The van der Waals surface area contributed by atoms with E-state index in [0.29, 0.717) is 41.3 Å². The minimum Gasteiger partial charge on any atom is -0.493 e. The van der Waals surface area contributed by atoms with E-state index < -0.39 is 17.8 Å². The Labute approximate surface area is 241 Å². The number of carbonyl (C=O) groups excluding carboxylic acids is 3. The standard InChI is InChI=1S/C26H18Cl3IN2O5/c1-13-3-5-17(28)11-21(13)32-25(34)18(24(33)31-26(32)35)7-14-8-20(30)23(22(9-14)36-2)37-12-15-4-6-16(27)10-19(15)29/h3-11H,12H2,1-2H3,(H,31,33,35)/b18-7+. The molecule has 1 fully saturated rings. The molecule has 1 aliphatic heterocycles. The van der Waals surface area contributed by atoms with E-state index in [1.165, 1.54) is 19.3 Å². The minimum atomic E-state index is -0.853. The van der Waals surface area contributed by atoms with E-state index in [0.717, 1.165) is 10.5 Å². The van der Waals surface area contributed by atoms with Gasteiger partial charge in [0.1, 0.15) is 12.2 Å². The van der Waals surface area contributed by atoms with Gasteiger partial charge < -0.3 is 9.47 Å². The minimum absolute atomic E-state index is 0.166. The van der Waals surface area contributed by atoms with E-state index >= 15 is 0 Å². The van der Waals surface area contributed by atoms with Crippen LogP contribution >= 0.6 is 57.4 Å². The number of barbiturate groups is 1. The average Bonchev–Trinajstić information content (AvgIpc) is 2.83. The second kappa shape index (κ2) is 11.3. The van der Waals surface area contributed by atoms with Crippen LogP contribution in [0.15, 0.2) is 54.1 Å². The number of amides is 4. The molecule has 190 valence electrons. The van der Waals surface area contributed by atoms with Gasteiger partial charge in [-0.3, -0.25) is 14.9 Å². The number of urea groups is 1. The highest BCUT2D eigenvalue weighted by atomic mass is 127. The number of hydrogen-bond donors (Lipinski definition) is 1. The zero-order valence-corrected chi connectivity index (χ0v) is 23.8. The monoisotopic (exact) mass is 670 g/mol. The molecule has 3 aromatic carbocycles. The maximum atomic E-state index is 13.3. The normalized spacial score (nSPS) is 14.7. The summed E-state index contributed by atoms with van der Waals surface area (Å²) >= 11 is 20.4. The van der Waals surface area contributed by atoms with Crippen molar-refractivity contribution in [2.75, 3.05) is 12.0 Å². The molecule has 0 bridgehead atoms. The smallest absolute Gasteiger partial charge is 0.335 e. The van der Waals surface area contributed by atoms with Crippen molar-refractivity contribution >= 4 is 87.0 Å². The molecule has 7 nitrogen and oxygen atoms in total. The Hall–Kier alpha value is -2.79. The van der Waals surface area contributed by atoms with E-state index in [-0.39, 0.29) is 17.9 Å². The zero-order chi connectivity index (χ0) is 26.9. The van der Waals surface area contributed by atoms with E-state index in [1.54, 1.807) is 49.4 Å². The van der Waals surface area contributed by atoms with Crippen LogP contribution in [0, 0.1) is 10.5 Å². The second-order valence-corrected chi connectivity index (χ2v) is 10.4. The maximum Gasteiger partial charge on any atom is 0.335 e. The van der Waals surface area contributed by atoms with Gasteiger partial charge in [-0.15, -0.1) is 0 Å². The number of rotatable bonds is 6. The van der Waals surface area contributed by atoms with Gasteiger partial charge >= 0.3 is 6.03 Å². The number of hydrogen-bond acceptors (Lipinski definition) is 5. The SMILES string of the molecule is COc1cc(/C=C2\C(=O)NC(=O)N(c3cc(Cl)ccc3C)C2=O)cc(I)c1OCc1ccc(Cl)cc1Cl. The summed E-state index contributed by atoms with van der Waals surface area (Å²) in [7, 11) is 1.48. The lowest BCUT2D eigenvalue weighted by Gasteiger charge is -2.27. The lowest BCUT2D eigenvalue weighted by atomic mass is 10.1. The number of methoxy groups -OCH3 is 1. The van der Waals surface area contributed by atoms with Crippen molar-refractivity contribution in [1.82, 2.24) is 5.32 Å². The highest BCUT2D eigenvalue weighted by Crippen LogP contribution is 2.36. The molecule has 3 aromatic rings. The Bertz CT molecular complexity index is 1470. The molecule has 0 atom stereocenters. The van der Waals surface area contributed by atoms with Gasteiger partial charge in [-0.05, 0) is 83.1 Å². The fourth-order valence-electron chi connectivity index (χ4n) is 3.62. The van der Waals surface area contributed by atoms with Crippen molar-refractivity contribution in [1.29, 1.82) is 0 Å². The Morgan fingerprint density at radius 2 is 1.70 bits per heavy atom. The van der Waals surface area contributed by atoms with Crippen LogP contribution in [0.25, 0.3) is 6.08 Å². The zero-order valence-electron chi connectivity index (χ0n) is 19.4. The van der Waals surface area contributed by atoms with Gasteiger partial charge in [-0.1, -0.05) is 46.9 Å². The van der Waals surface area contributed by atoms with Gasteiger partial charge in [0.25, 0.3) is 11.8 Å². The molecule has 0 radical (unpaired) electrons. The first kappa shape index (κ1) is 27.3. The molecule has 0 spiro atoms. The first-order valence-electron chi connectivity index (χ1n) is 10.7. The number of benzene rings is 3. The van der Waals surface area contributed by atoms with Crippen LogP contribution in [0.3, 0.4) is 0 Å². The van der Waals surface area contributed by atoms with Crippen molar-refractivity contribution in [3.63, 3.8) is 0 Å². The molecule has 1 N–H and O–H groups in total. The predicted molar refractivity (Wildman–Crippen MR) is 152 cm³/mol. The third-order valence-electron chi connectivity index (χ3n) is 5.46. The van der Waals surface area contributed by atoms with Crippen molar-refractivity contribution in [2.45, 2.75) is 13.5 Å². The van der Waals surface area contributed by atoms with Crippen molar-refractivity contribution in [3.05, 3.63) is 89.4 Å². The number of imide groups is 2. The number of carbonyl (C=O) groups is 3. The third kappa shape index (κ3) is 5.87. The first-order chi connectivity index (χ1) is 17.6. The molecule has 4 rings (SSSR count). The predicted octanol–water partition coefficient (Wildman–Crippen LogP) is 6.81. The summed E-state index contributed by atoms with van der Waals surface area (Å²) in [5.41, 5.74) is 1.93. The average molecular weight is 672 g/mol. The molecule has 37 heavy (non-hydrogen) atoms. The summed E-state index contributed by atoms with van der Waals surface area (Å²) in [6.07, 6.45) is 1.39. The van der Waals surface area contributed by atoms with Gasteiger partial charge in [0.15, 0.2) is 11.5 Å². The van der Waals surface area contributed by atoms with Gasteiger partial charge in [0.2, 0.25) is 0 Å². The van der Waals surface area contributed by atoms with E-state index in [2.05, 4.69) is 27.9 Å². The van der Waals surface area contributed by atoms with Crippen LogP contribution in [0.2, 0.25) is 15.1 Å². The molecular formula is C26H18Cl3IN2O5. The van der Waals surface area contributed by atoms with Gasteiger partial charge in [0.05, 0.1) is 16.4 Å². The topological polar surface area (TPSA) is 84.9 Å². The van der Waals surface area contributed by atoms with E-state index in [9.17, 15) is 14.4 Å². The number of ether oxygens (including phenoxy) is 2. The van der Waals surface area contributed by atoms with Crippen LogP contribution in [0.1, 0.15) is 16.7 Å². The van der Waals surface area contributed by atoms with E-state index in [1.807, 2.05) is 0 Å². The quantitative estimate of drug-likeness (QED) is 0.177. The van der Waals surface area contributed by atoms with Crippen molar-refractivity contribution in [3.8, 4) is 11.5 Å². The number of aryl methyl sites for hydroxylation is 1. The molecule has 11 heteroatoms. The molecule has 0 aromatic heterocycles. The van der Waals surface area contributed by atoms with Gasteiger partial charge in [0, 0.05) is 20.6 Å². The largest absolute Gasteiger partial charge is 0.493 e. The molecule has 0 aliphatic carbocycles. The maximum absolute atomic E-state index is 13.3. The lowest BCUT2D eigenvalue weighted by Crippen LogP contribution is -2.54. The summed E-state index contributed by atoms with van der Waals surface area (Å²) in [6.45, 7) is 1.90. The fourth-order valence-corrected chi connectivity index (χ4v) is 5.03. The van der Waals surface area contributed by atoms with Crippen molar-refractivity contribution < 1.29 is 23.9 Å². The lowest BCUT2D eigenvalue weighted by molar-refractivity contribution is -0.122. The molecule has 1 heterocycles. The molecule has 1 aliphatic rings. The van der Waals surface area contributed by atoms with Crippen molar-refractivity contribution in [2.24, 2.45) is 0 Å². The summed E-state index contributed by atoms with van der Waals surface area (Å²) in [6, 6.07) is 12.4. The van der Waals surface area contributed by atoms with Crippen LogP contribution < -0.4 is 19.7 Å². The van der Waals surface area contributed by atoms with Crippen LogP contribution in [0.5, 0.6) is 11.5 Å². The highest BCUT2D eigenvalue weighted by molar-refractivity contribution is 14.1.